The molecule has 1 heterocycles. The molecule has 1 aromatic rings. The Kier molecular flexibility index (Phi) is 2.50. The van der Waals surface area contributed by atoms with Crippen LogP contribution in [0.3, 0.4) is 0 Å². The van der Waals surface area contributed by atoms with E-state index in [4.69, 9.17) is 0 Å². The third-order valence-corrected chi connectivity index (χ3v) is 2.53. The number of hydrogen-bond acceptors (Lipinski definition) is 3. The average molecular weight is 191 g/mol. The summed E-state index contributed by atoms with van der Waals surface area (Å²) in [4.78, 5) is 11.6. The summed E-state index contributed by atoms with van der Waals surface area (Å²) in [6, 6.07) is 6.85. The summed E-state index contributed by atoms with van der Waals surface area (Å²) >= 11 is 0. The maximum absolute atomic E-state index is 11.6. The molecule has 0 aliphatic carbocycles. The number of carbonyl (C=O) groups is 1. The van der Waals surface area contributed by atoms with E-state index in [1.807, 2.05) is 0 Å². The van der Waals surface area contributed by atoms with Gasteiger partial charge in [-0.05, 0) is 25.1 Å². The second-order valence-corrected chi connectivity index (χ2v) is 3.62. The highest BCUT2D eigenvalue weighted by Crippen LogP contribution is 2.15. The van der Waals surface area contributed by atoms with Crippen molar-refractivity contribution in [3.8, 4) is 5.75 Å². The fourth-order valence-corrected chi connectivity index (χ4v) is 1.54. The van der Waals surface area contributed by atoms with Crippen molar-refractivity contribution in [2.45, 2.75) is 18.9 Å². The van der Waals surface area contributed by atoms with Crippen molar-refractivity contribution in [1.82, 2.24) is 5.32 Å². The smallest absolute Gasteiger partial charge is 0.164 e. The first-order chi connectivity index (χ1) is 6.75. The van der Waals surface area contributed by atoms with Crippen molar-refractivity contribution >= 4 is 5.78 Å². The first kappa shape index (κ1) is 9.21. The zero-order valence-corrected chi connectivity index (χ0v) is 7.86. The highest BCUT2D eigenvalue weighted by Gasteiger charge is 2.20. The van der Waals surface area contributed by atoms with Crippen LogP contribution in [-0.2, 0) is 0 Å². The summed E-state index contributed by atoms with van der Waals surface area (Å²) in [5.41, 5.74) is 0.596. The molecule has 0 spiro atoms. The molecule has 3 heteroatoms. The molecule has 1 aliphatic rings. The van der Waals surface area contributed by atoms with E-state index < -0.39 is 0 Å². The van der Waals surface area contributed by atoms with Gasteiger partial charge < -0.3 is 10.4 Å². The minimum Gasteiger partial charge on any atom is -0.508 e. The Balaban J connectivity index is 2.02. The molecule has 1 saturated heterocycles. The molecule has 1 atom stereocenters. The number of aromatic hydroxyl groups is 1. The molecule has 0 saturated carbocycles. The highest BCUT2D eigenvalue weighted by atomic mass is 16.3. The molecule has 1 unspecified atom stereocenters. The van der Waals surface area contributed by atoms with Gasteiger partial charge >= 0.3 is 0 Å². The molecular formula is C11H13NO2. The second kappa shape index (κ2) is 3.80. The molecule has 1 fully saturated rings. The fraction of sp³-hybridized carbons (Fsp3) is 0.364. The summed E-state index contributed by atoms with van der Waals surface area (Å²) in [6.07, 6.45) is 1.61. The molecule has 0 radical (unpaired) electrons. The minimum absolute atomic E-state index is 0.0955. The standard InChI is InChI=1S/C11H13NO2/c13-10-3-1-2-8(6-10)11(14)7-9-4-5-12-9/h1-3,6,9,12-13H,4-5,7H2. The summed E-state index contributed by atoms with van der Waals surface area (Å²) in [5.74, 6) is 0.246. The largest absolute Gasteiger partial charge is 0.508 e. The lowest BCUT2D eigenvalue weighted by Crippen LogP contribution is -2.44. The Bertz CT molecular complexity index is 345. The molecule has 3 nitrogen and oxygen atoms in total. The van der Waals surface area contributed by atoms with Crippen molar-refractivity contribution < 1.29 is 9.90 Å². The van der Waals surface area contributed by atoms with Crippen molar-refractivity contribution in [1.29, 1.82) is 0 Å². The van der Waals surface area contributed by atoms with Crippen LogP contribution in [0.1, 0.15) is 23.2 Å². The summed E-state index contributed by atoms with van der Waals surface area (Å²) in [7, 11) is 0. The Morgan fingerprint density at radius 2 is 2.36 bits per heavy atom. The average Bonchev–Trinajstić information content (AvgIpc) is 2.11. The van der Waals surface area contributed by atoms with E-state index in [2.05, 4.69) is 5.32 Å². The topological polar surface area (TPSA) is 49.3 Å². The lowest BCUT2D eigenvalue weighted by atomic mass is 9.97. The van der Waals surface area contributed by atoms with Crippen molar-refractivity contribution in [2.75, 3.05) is 6.54 Å². The monoisotopic (exact) mass is 191 g/mol. The molecule has 2 N–H and O–H groups in total. The number of benzene rings is 1. The predicted molar refractivity (Wildman–Crippen MR) is 53.5 cm³/mol. The predicted octanol–water partition coefficient (Wildman–Crippen LogP) is 1.33. The number of hydrogen-bond donors (Lipinski definition) is 2. The lowest BCUT2D eigenvalue weighted by Gasteiger charge is -2.26. The first-order valence-electron chi connectivity index (χ1n) is 4.81. The van der Waals surface area contributed by atoms with Gasteiger partial charge in [0.25, 0.3) is 0 Å². The van der Waals surface area contributed by atoms with Crippen LogP contribution in [0.5, 0.6) is 5.75 Å². The van der Waals surface area contributed by atoms with Gasteiger partial charge in [0.15, 0.2) is 5.78 Å². The van der Waals surface area contributed by atoms with Gasteiger partial charge in [0.1, 0.15) is 5.75 Å². The highest BCUT2D eigenvalue weighted by molar-refractivity contribution is 5.96. The Hall–Kier alpha value is -1.35. The van der Waals surface area contributed by atoms with Gasteiger partial charge in [0.05, 0.1) is 0 Å². The Labute approximate surface area is 82.8 Å². The van der Waals surface area contributed by atoms with Gasteiger partial charge in [-0.15, -0.1) is 0 Å². The van der Waals surface area contributed by atoms with Crippen LogP contribution in [0, 0.1) is 0 Å². The lowest BCUT2D eigenvalue weighted by molar-refractivity contribution is 0.0955. The van der Waals surface area contributed by atoms with Crippen LogP contribution in [0.4, 0.5) is 0 Å². The molecule has 74 valence electrons. The number of rotatable bonds is 3. The van der Waals surface area contributed by atoms with Crippen molar-refractivity contribution in [2.24, 2.45) is 0 Å². The Morgan fingerprint density at radius 1 is 1.57 bits per heavy atom. The number of carbonyl (C=O) groups excluding carboxylic acids is 1. The number of phenolic OH excluding ortho intramolecular Hbond substituents is 1. The second-order valence-electron chi connectivity index (χ2n) is 3.62. The maximum Gasteiger partial charge on any atom is 0.164 e. The van der Waals surface area contributed by atoms with Gasteiger partial charge in [0, 0.05) is 18.0 Å². The van der Waals surface area contributed by atoms with E-state index >= 15 is 0 Å². The fourth-order valence-electron chi connectivity index (χ4n) is 1.54. The van der Waals surface area contributed by atoms with E-state index in [-0.39, 0.29) is 11.5 Å². The normalized spacial score (nSPS) is 20.1. The molecule has 0 aromatic heterocycles. The van der Waals surface area contributed by atoms with Crippen LogP contribution < -0.4 is 5.32 Å². The van der Waals surface area contributed by atoms with E-state index in [1.54, 1.807) is 18.2 Å². The van der Waals surface area contributed by atoms with E-state index in [0.29, 0.717) is 18.0 Å². The number of nitrogens with one attached hydrogen (secondary N) is 1. The van der Waals surface area contributed by atoms with Crippen LogP contribution in [-0.4, -0.2) is 23.5 Å². The zero-order valence-electron chi connectivity index (χ0n) is 7.86. The summed E-state index contributed by atoms with van der Waals surface area (Å²) < 4.78 is 0. The third kappa shape index (κ3) is 1.93. The van der Waals surface area contributed by atoms with Gasteiger partial charge in [-0.3, -0.25) is 4.79 Å². The maximum atomic E-state index is 11.6. The molecular weight excluding hydrogens is 178 g/mol. The third-order valence-electron chi connectivity index (χ3n) is 2.53. The number of ketones is 1. The quantitative estimate of drug-likeness (QED) is 0.708. The summed E-state index contributed by atoms with van der Waals surface area (Å²) in [5, 5.41) is 12.4. The van der Waals surface area contributed by atoms with Crippen LogP contribution in [0.25, 0.3) is 0 Å². The molecule has 0 bridgehead atoms. The van der Waals surface area contributed by atoms with E-state index in [9.17, 15) is 9.90 Å². The van der Waals surface area contributed by atoms with Gasteiger partial charge in [-0.25, -0.2) is 0 Å². The van der Waals surface area contributed by atoms with Crippen LogP contribution in [0.2, 0.25) is 0 Å². The van der Waals surface area contributed by atoms with E-state index in [1.165, 1.54) is 6.07 Å². The SMILES string of the molecule is O=C(CC1CCN1)c1cccc(O)c1. The van der Waals surface area contributed by atoms with Gasteiger partial charge in [0.2, 0.25) is 0 Å². The molecule has 1 aliphatic heterocycles. The first-order valence-corrected chi connectivity index (χ1v) is 4.81. The van der Waals surface area contributed by atoms with Gasteiger partial charge in [-0.2, -0.15) is 0 Å². The molecule has 14 heavy (non-hydrogen) atoms. The molecule has 2 rings (SSSR count). The number of phenols is 1. The van der Waals surface area contributed by atoms with Gasteiger partial charge in [-0.1, -0.05) is 12.1 Å². The van der Waals surface area contributed by atoms with Crippen molar-refractivity contribution in [3.05, 3.63) is 29.8 Å². The summed E-state index contributed by atoms with van der Waals surface area (Å²) in [6.45, 7) is 1.01. The van der Waals surface area contributed by atoms with Crippen LogP contribution in [0.15, 0.2) is 24.3 Å². The van der Waals surface area contributed by atoms with Crippen molar-refractivity contribution in [3.63, 3.8) is 0 Å². The molecule has 0 amide bonds. The Morgan fingerprint density at radius 3 is 2.93 bits per heavy atom. The van der Waals surface area contributed by atoms with E-state index in [0.717, 1.165) is 13.0 Å². The zero-order chi connectivity index (χ0) is 9.97. The minimum atomic E-state index is 0.0955. The van der Waals surface area contributed by atoms with Crippen LogP contribution >= 0.6 is 0 Å². The number of Topliss-reactive ketones (excluding diaryl/α,β-unsaturated/α-hetero) is 1. The molecule has 1 aromatic carbocycles.